The van der Waals surface area contributed by atoms with Crippen molar-refractivity contribution in [2.24, 2.45) is 0 Å². The molecule has 1 spiro atoms. The lowest BCUT2D eigenvalue weighted by Crippen LogP contribution is -2.52. The van der Waals surface area contributed by atoms with Gasteiger partial charge in [0.2, 0.25) is 5.91 Å². The zero-order chi connectivity index (χ0) is 27.0. The van der Waals surface area contributed by atoms with Crippen molar-refractivity contribution in [2.45, 2.75) is 37.1 Å². The van der Waals surface area contributed by atoms with Gasteiger partial charge >= 0.3 is 0 Å². The van der Waals surface area contributed by atoms with E-state index in [0.29, 0.717) is 50.5 Å². The normalized spacial score (nSPS) is 22.2. The van der Waals surface area contributed by atoms with Crippen LogP contribution in [0.15, 0.2) is 72.8 Å². The molecule has 2 fully saturated rings. The van der Waals surface area contributed by atoms with Crippen LogP contribution in [0.25, 0.3) is 0 Å². The summed E-state index contributed by atoms with van der Waals surface area (Å²) < 4.78 is 30.8. The number of hydrogen-bond acceptors (Lipinski definition) is 5. The lowest BCUT2D eigenvalue weighted by molar-refractivity contribution is -0.188. The van der Waals surface area contributed by atoms with Crippen LogP contribution in [0.2, 0.25) is 0 Å². The van der Waals surface area contributed by atoms with E-state index in [2.05, 4.69) is 0 Å². The van der Waals surface area contributed by atoms with E-state index >= 15 is 0 Å². The molecule has 2 saturated heterocycles. The molecule has 202 valence electrons. The van der Waals surface area contributed by atoms with Crippen LogP contribution in [0.1, 0.15) is 51.8 Å². The largest absolute Gasteiger partial charge is 0.497 e. The molecule has 0 aromatic heterocycles. The molecule has 3 aromatic rings. The van der Waals surface area contributed by atoms with Crippen molar-refractivity contribution >= 4 is 11.8 Å². The van der Waals surface area contributed by atoms with Crippen molar-refractivity contribution in [2.75, 3.05) is 33.4 Å². The minimum atomic E-state index is -0.618. The Bertz CT molecular complexity index is 1340. The summed E-state index contributed by atoms with van der Waals surface area (Å²) in [7, 11) is 1.60. The van der Waals surface area contributed by atoms with E-state index < -0.39 is 17.7 Å². The molecule has 3 aromatic carbocycles. The van der Waals surface area contributed by atoms with Gasteiger partial charge in [0.05, 0.1) is 32.3 Å². The summed E-state index contributed by atoms with van der Waals surface area (Å²) in [5.74, 6) is -1.06. The molecule has 0 aliphatic carbocycles. The number of fused-ring (bicyclic) bond motifs is 1. The van der Waals surface area contributed by atoms with E-state index in [9.17, 15) is 14.0 Å². The molecule has 6 rings (SSSR count). The van der Waals surface area contributed by atoms with Crippen LogP contribution < -0.4 is 4.74 Å². The Kier molecular flexibility index (Phi) is 6.83. The Morgan fingerprint density at radius 1 is 0.974 bits per heavy atom. The van der Waals surface area contributed by atoms with Gasteiger partial charge in [-0.3, -0.25) is 9.59 Å². The second-order valence-electron chi connectivity index (χ2n) is 10.3. The lowest BCUT2D eigenvalue weighted by atomic mass is 9.78. The first-order valence-electron chi connectivity index (χ1n) is 13.3. The molecule has 2 amide bonds. The van der Waals surface area contributed by atoms with Crippen molar-refractivity contribution in [1.82, 2.24) is 9.80 Å². The topological polar surface area (TPSA) is 68.3 Å². The van der Waals surface area contributed by atoms with Crippen molar-refractivity contribution in [3.05, 3.63) is 101 Å². The Labute approximate surface area is 227 Å². The molecule has 0 radical (unpaired) electrons. The van der Waals surface area contributed by atoms with Gasteiger partial charge in [-0.05, 0) is 47.0 Å². The van der Waals surface area contributed by atoms with Gasteiger partial charge in [0.15, 0.2) is 5.79 Å². The molecule has 0 bridgehead atoms. The van der Waals surface area contributed by atoms with Crippen LogP contribution in [0, 0.1) is 5.82 Å². The molecule has 7 nitrogen and oxygen atoms in total. The Hall–Kier alpha value is -3.75. The fourth-order valence-electron chi connectivity index (χ4n) is 6.04. The number of halogens is 1. The van der Waals surface area contributed by atoms with Gasteiger partial charge in [-0.2, -0.15) is 0 Å². The number of amides is 2. The quantitative estimate of drug-likeness (QED) is 0.479. The zero-order valence-electron chi connectivity index (χ0n) is 21.8. The Morgan fingerprint density at radius 2 is 1.64 bits per heavy atom. The van der Waals surface area contributed by atoms with Gasteiger partial charge in [0.25, 0.3) is 5.91 Å². The second kappa shape index (κ2) is 10.4. The van der Waals surface area contributed by atoms with Crippen molar-refractivity contribution in [3.8, 4) is 5.75 Å². The molecule has 3 aliphatic heterocycles. The summed E-state index contributed by atoms with van der Waals surface area (Å²) in [6.07, 6.45) is 1.22. The van der Waals surface area contributed by atoms with Gasteiger partial charge in [-0.25, -0.2) is 4.39 Å². The van der Waals surface area contributed by atoms with Crippen molar-refractivity contribution in [3.63, 3.8) is 0 Å². The number of nitrogens with zero attached hydrogens (tertiary/aromatic N) is 2. The third kappa shape index (κ3) is 4.79. The maximum absolute atomic E-state index is 14.4. The Morgan fingerprint density at radius 3 is 2.31 bits per heavy atom. The molecule has 0 N–H and O–H groups in total. The van der Waals surface area contributed by atoms with Crippen LogP contribution >= 0.6 is 0 Å². The van der Waals surface area contributed by atoms with Gasteiger partial charge in [-0.15, -0.1) is 0 Å². The summed E-state index contributed by atoms with van der Waals surface area (Å²) in [4.78, 5) is 32.0. The summed E-state index contributed by atoms with van der Waals surface area (Å²) in [5, 5.41) is 0. The number of benzene rings is 3. The third-order valence-corrected chi connectivity index (χ3v) is 8.08. The lowest BCUT2D eigenvalue weighted by Gasteiger charge is -2.45. The first-order chi connectivity index (χ1) is 19.0. The number of methoxy groups -OCH3 is 1. The number of likely N-dealkylation sites (tertiary alicyclic amines) is 1. The standard InChI is InChI=1S/C31H31FN2O5/c1-37-24-12-8-22(9-13-24)28-27(30(36)33-16-14-31(15-17-33)38-18-19-39-31)25-4-2-3-5-26(25)29(35)34(28)20-21-6-10-23(32)11-7-21/h2-13,27-28H,14-20H2,1H3. The summed E-state index contributed by atoms with van der Waals surface area (Å²) >= 11 is 0. The molecular formula is C31H31FN2O5. The summed E-state index contributed by atoms with van der Waals surface area (Å²) in [6.45, 7) is 2.41. The second-order valence-corrected chi connectivity index (χ2v) is 10.3. The SMILES string of the molecule is COc1ccc(C2C(C(=O)N3CCC4(CC3)OCCO4)c3ccccc3C(=O)N2Cc2ccc(F)cc2)cc1. The average molecular weight is 531 g/mol. The summed E-state index contributed by atoms with van der Waals surface area (Å²) in [5.41, 5.74) is 2.84. The maximum atomic E-state index is 14.4. The van der Waals surface area contributed by atoms with Crippen LogP contribution in [0.3, 0.4) is 0 Å². The first-order valence-corrected chi connectivity index (χ1v) is 13.3. The van der Waals surface area contributed by atoms with E-state index in [4.69, 9.17) is 14.2 Å². The van der Waals surface area contributed by atoms with E-state index in [1.807, 2.05) is 47.4 Å². The smallest absolute Gasteiger partial charge is 0.255 e. The van der Waals surface area contributed by atoms with Crippen LogP contribution in [0.4, 0.5) is 4.39 Å². The highest BCUT2D eigenvalue weighted by Crippen LogP contribution is 2.45. The number of carbonyl (C=O) groups is 2. The minimum absolute atomic E-state index is 0.0345. The summed E-state index contributed by atoms with van der Waals surface area (Å²) in [6, 6.07) is 20.4. The molecule has 8 heteroatoms. The van der Waals surface area contributed by atoms with Gasteiger partial charge in [0.1, 0.15) is 11.6 Å². The predicted molar refractivity (Wildman–Crippen MR) is 142 cm³/mol. The third-order valence-electron chi connectivity index (χ3n) is 8.08. The highest BCUT2D eigenvalue weighted by molar-refractivity contribution is 6.01. The van der Waals surface area contributed by atoms with E-state index in [1.165, 1.54) is 12.1 Å². The minimum Gasteiger partial charge on any atom is -0.497 e. The number of carbonyl (C=O) groups excluding carboxylic acids is 2. The molecule has 2 unspecified atom stereocenters. The van der Waals surface area contributed by atoms with E-state index in [-0.39, 0.29) is 24.2 Å². The number of rotatable bonds is 5. The Balaban J connectivity index is 1.41. The van der Waals surface area contributed by atoms with Gasteiger partial charge in [0, 0.05) is 38.0 Å². The molecular weight excluding hydrogens is 499 g/mol. The van der Waals surface area contributed by atoms with Crippen LogP contribution in [-0.2, 0) is 20.8 Å². The van der Waals surface area contributed by atoms with Gasteiger partial charge in [-0.1, -0.05) is 42.5 Å². The zero-order valence-corrected chi connectivity index (χ0v) is 21.8. The van der Waals surface area contributed by atoms with Gasteiger partial charge < -0.3 is 24.0 Å². The van der Waals surface area contributed by atoms with E-state index in [0.717, 1.165) is 16.7 Å². The fraction of sp³-hybridized carbons (Fsp3) is 0.355. The molecule has 2 atom stereocenters. The number of piperidine rings is 1. The van der Waals surface area contributed by atoms with Crippen molar-refractivity contribution < 1.29 is 28.2 Å². The van der Waals surface area contributed by atoms with Crippen LogP contribution in [-0.4, -0.2) is 60.8 Å². The fourth-order valence-corrected chi connectivity index (χ4v) is 6.04. The molecule has 3 aliphatic rings. The molecule has 0 saturated carbocycles. The highest BCUT2D eigenvalue weighted by Gasteiger charge is 2.47. The number of ether oxygens (including phenoxy) is 3. The predicted octanol–water partition coefficient (Wildman–Crippen LogP) is 4.68. The highest BCUT2D eigenvalue weighted by atomic mass is 19.1. The average Bonchev–Trinajstić information content (AvgIpc) is 3.43. The maximum Gasteiger partial charge on any atom is 0.255 e. The van der Waals surface area contributed by atoms with Crippen LogP contribution in [0.5, 0.6) is 5.75 Å². The number of hydrogen-bond donors (Lipinski definition) is 0. The monoisotopic (exact) mass is 530 g/mol. The van der Waals surface area contributed by atoms with Crippen molar-refractivity contribution in [1.29, 1.82) is 0 Å². The molecule has 3 heterocycles. The van der Waals surface area contributed by atoms with E-state index in [1.54, 1.807) is 30.2 Å². The first kappa shape index (κ1) is 25.5. The molecule has 39 heavy (non-hydrogen) atoms.